The molecule has 4 bridgehead atoms. The number of carbonyl (C=O) groups is 2. The molecule has 8 rings (SSSR count). The van der Waals surface area contributed by atoms with Crippen LogP contribution in [0.15, 0.2) is 54.6 Å². The fourth-order valence-electron chi connectivity index (χ4n) is 8.92. The Bertz CT molecular complexity index is 1570. The maximum atomic E-state index is 14.0. The molecule has 1 aromatic heterocycles. The molecule has 5 aliphatic rings. The van der Waals surface area contributed by atoms with Crippen LogP contribution < -0.4 is 10.1 Å². The van der Waals surface area contributed by atoms with Crippen molar-refractivity contribution >= 4 is 23.5 Å². The van der Waals surface area contributed by atoms with E-state index >= 15 is 0 Å². The van der Waals surface area contributed by atoms with Crippen LogP contribution in [0.5, 0.6) is 5.75 Å². The minimum Gasteiger partial charge on any atom is -0.492 e. The predicted molar refractivity (Wildman–Crippen MR) is 176 cm³/mol. The smallest absolute Gasteiger partial charge is 0.330 e. The Morgan fingerprint density at radius 1 is 0.978 bits per heavy atom. The van der Waals surface area contributed by atoms with Crippen molar-refractivity contribution in [3.8, 4) is 28.1 Å². The van der Waals surface area contributed by atoms with Gasteiger partial charge in [-0.15, -0.1) is 0 Å². The second kappa shape index (κ2) is 12.4. The van der Waals surface area contributed by atoms with Crippen molar-refractivity contribution in [2.75, 3.05) is 26.2 Å². The number of nitrogens with zero attached hydrogens (tertiary/aromatic N) is 2. The number of ether oxygens (including phenoxy) is 1. The molecule has 7 nitrogen and oxygen atoms in total. The largest absolute Gasteiger partial charge is 0.492 e. The Morgan fingerprint density at radius 3 is 2.38 bits per heavy atom. The lowest BCUT2D eigenvalue weighted by atomic mass is 9.48. The van der Waals surface area contributed by atoms with Crippen molar-refractivity contribution in [2.45, 2.75) is 63.8 Å². The first-order valence-electron chi connectivity index (χ1n) is 16.6. The summed E-state index contributed by atoms with van der Waals surface area (Å²) in [5.41, 5.74) is 3.36. The molecular formula is C37H42ClN3O4. The summed E-state index contributed by atoms with van der Waals surface area (Å²) < 4.78 is 6.17. The number of aromatic nitrogens is 1. The topological polar surface area (TPSA) is 91.8 Å². The van der Waals surface area contributed by atoms with E-state index in [1.165, 1.54) is 19.3 Å². The number of aryl methyl sites for hydroxylation is 1. The maximum Gasteiger partial charge on any atom is 0.330 e. The summed E-state index contributed by atoms with van der Waals surface area (Å²) in [7, 11) is 0. The van der Waals surface area contributed by atoms with Crippen LogP contribution in [0.1, 0.15) is 67.4 Å². The second-order valence-corrected chi connectivity index (χ2v) is 14.1. The van der Waals surface area contributed by atoms with Crippen molar-refractivity contribution in [3.05, 3.63) is 70.9 Å². The molecule has 45 heavy (non-hydrogen) atoms. The molecule has 4 aliphatic carbocycles. The quantitative estimate of drug-likeness (QED) is 0.230. The monoisotopic (exact) mass is 627 g/mol. The number of carboxylic acids is 1. The highest BCUT2D eigenvalue weighted by atomic mass is 35.5. The molecule has 0 radical (unpaired) electrons. The molecule has 8 heteroatoms. The van der Waals surface area contributed by atoms with Crippen LogP contribution in [0, 0.1) is 30.6 Å². The van der Waals surface area contributed by atoms with Crippen molar-refractivity contribution < 1.29 is 19.4 Å². The number of hydrogen-bond acceptors (Lipinski definition) is 5. The van der Waals surface area contributed by atoms with Gasteiger partial charge in [-0.3, -0.25) is 4.79 Å². The Balaban J connectivity index is 1.20. The Labute approximate surface area is 270 Å². The first kappa shape index (κ1) is 30.2. The highest BCUT2D eigenvalue weighted by molar-refractivity contribution is 6.32. The van der Waals surface area contributed by atoms with Crippen molar-refractivity contribution in [1.29, 1.82) is 0 Å². The predicted octanol–water partition coefficient (Wildman–Crippen LogP) is 7.25. The summed E-state index contributed by atoms with van der Waals surface area (Å²) in [6.45, 7) is 5.93. The molecule has 1 saturated heterocycles. The first-order valence-corrected chi connectivity index (χ1v) is 17.0. The molecular weight excluding hydrogens is 586 g/mol. The zero-order valence-electron chi connectivity index (χ0n) is 25.9. The molecule has 1 amide bonds. The van der Waals surface area contributed by atoms with Crippen LogP contribution in [0.3, 0.4) is 0 Å². The number of benzene rings is 2. The Morgan fingerprint density at radius 2 is 1.69 bits per heavy atom. The SMILES string of the molecule is Cc1ccccc1-c1ccc(C(=O)NC2(C(=O)O)C3CC4CC(C3)CC2C4)nc1-c1ccc(Cl)c(OCCCN2CCCC2)c1. The average molecular weight is 628 g/mol. The summed E-state index contributed by atoms with van der Waals surface area (Å²) in [5, 5.41) is 14.2. The fourth-order valence-corrected chi connectivity index (χ4v) is 9.09. The number of likely N-dealkylation sites (tertiary alicyclic amines) is 1. The molecule has 2 aromatic carbocycles. The standard InChI is InChI=1S/C37H42ClN3O4/c1-23-7-2-3-8-29(23)30-10-12-32(35(42)40-37(36(43)44)27-18-24-17-25(20-27)21-28(37)19-24)39-34(30)26-9-11-31(38)33(22-26)45-16-6-15-41-13-4-5-14-41/h2-3,7-12,22,24-25,27-28H,4-6,13-21H2,1H3,(H,40,42)(H,43,44). The third kappa shape index (κ3) is 5.74. The van der Waals surface area contributed by atoms with Gasteiger partial charge in [0.1, 0.15) is 17.0 Å². The van der Waals surface area contributed by atoms with Gasteiger partial charge in [-0.25, -0.2) is 9.78 Å². The molecule has 236 valence electrons. The number of aliphatic carboxylic acids is 1. The van der Waals surface area contributed by atoms with Crippen molar-refractivity contribution in [3.63, 3.8) is 0 Å². The number of halogens is 1. The van der Waals surface area contributed by atoms with Gasteiger partial charge in [0.2, 0.25) is 0 Å². The number of carboxylic acid groups (broad SMARTS) is 1. The van der Waals surface area contributed by atoms with Crippen LogP contribution in [-0.2, 0) is 4.79 Å². The molecule has 2 N–H and O–H groups in total. The first-order chi connectivity index (χ1) is 21.8. The normalized spacial score (nSPS) is 27.1. The van der Waals surface area contributed by atoms with Crippen LogP contribution in [0.2, 0.25) is 5.02 Å². The molecule has 4 saturated carbocycles. The lowest BCUT2D eigenvalue weighted by molar-refractivity contribution is -0.163. The van der Waals surface area contributed by atoms with E-state index in [1.807, 2.05) is 36.4 Å². The van der Waals surface area contributed by atoms with E-state index in [2.05, 4.69) is 29.3 Å². The zero-order valence-corrected chi connectivity index (χ0v) is 26.7. The summed E-state index contributed by atoms with van der Waals surface area (Å²) in [6.07, 6.45) is 8.13. The Kier molecular flexibility index (Phi) is 8.34. The number of nitrogens with one attached hydrogen (secondary N) is 1. The van der Waals surface area contributed by atoms with E-state index in [0.717, 1.165) is 74.0 Å². The highest BCUT2D eigenvalue weighted by Crippen LogP contribution is 2.58. The van der Waals surface area contributed by atoms with Gasteiger partial charge in [0.15, 0.2) is 0 Å². The summed E-state index contributed by atoms with van der Waals surface area (Å²) in [6, 6.07) is 17.4. The molecule has 0 unspecified atom stereocenters. The van der Waals surface area contributed by atoms with Gasteiger partial charge < -0.3 is 20.1 Å². The second-order valence-electron chi connectivity index (χ2n) is 13.7. The highest BCUT2D eigenvalue weighted by Gasteiger charge is 2.62. The number of hydrogen-bond donors (Lipinski definition) is 2. The third-order valence-electron chi connectivity index (χ3n) is 10.9. The van der Waals surface area contributed by atoms with Crippen LogP contribution in [-0.4, -0.2) is 58.6 Å². The summed E-state index contributed by atoms with van der Waals surface area (Å²) in [4.78, 5) is 34.3. The van der Waals surface area contributed by atoms with Gasteiger partial charge in [-0.2, -0.15) is 0 Å². The van der Waals surface area contributed by atoms with Crippen LogP contribution >= 0.6 is 11.6 Å². The van der Waals surface area contributed by atoms with Gasteiger partial charge in [0.25, 0.3) is 5.91 Å². The number of carbonyl (C=O) groups excluding carboxylic acids is 1. The maximum absolute atomic E-state index is 14.0. The number of amides is 1. The van der Waals surface area contributed by atoms with Gasteiger partial charge in [-0.05, 0) is 130 Å². The lowest BCUT2D eigenvalue weighted by Crippen LogP contribution is -2.70. The van der Waals surface area contributed by atoms with Gasteiger partial charge in [0.05, 0.1) is 17.3 Å². The van der Waals surface area contributed by atoms with E-state index in [-0.39, 0.29) is 17.5 Å². The van der Waals surface area contributed by atoms with Crippen LogP contribution in [0.4, 0.5) is 0 Å². The van der Waals surface area contributed by atoms with Gasteiger partial charge in [-0.1, -0.05) is 41.9 Å². The molecule has 5 fully saturated rings. The van der Waals surface area contributed by atoms with E-state index in [1.54, 1.807) is 6.07 Å². The van der Waals surface area contributed by atoms with Gasteiger partial charge >= 0.3 is 5.97 Å². The van der Waals surface area contributed by atoms with E-state index in [0.29, 0.717) is 34.9 Å². The molecule has 0 spiro atoms. The minimum atomic E-state index is -1.24. The fraction of sp³-hybridized carbons (Fsp3) is 0.486. The van der Waals surface area contributed by atoms with Crippen LogP contribution in [0.25, 0.3) is 22.4 Å². The van der Waals surface area contributed by atoms with E-state index < -0.39 is 17.4 Å². The van der Waals surface area contributed by atoms with Gasteiger partial charge in [0, 0.05) is 17.7 Å². The molecule has 3 aromatic rings. The van der Waals surface area contributed by atoms with Crippen molar-refractivity contribution in [2.24, 2.45) is 23.7 Å². The number of rotatable bonds is 10. The van der Waals surface area contributed by atoms with Crippen molar-refractivity contribution in [1.82, 2.24) is 15.2 Å². The van der Waals surface area contributed by atoms with E-state index in [9.17, 15) is 14.7 Å². The average Bonchev–Trinajstić information content (AvgIpc) is 3.55. The number of pyridine rings is 1. The summed E-state index contributed by atoms with van der Waals surface area (Å²) in [5.74, 6) is 0.319. The third-order valence-corrected chi connectivity index (χ3v) is 11.3. The molecule has 2 heterocycles. The lowest BCUT2D eigenvalue weighted by Gasteiger charge is -2.59. The minimum absolute atomic E-state index is 0.0395. The molecule has 1 aliphatic heterocycles. The zero-order chi connectivity index (χ0) is 31.1. The summed E-state index contributed by atoms with van der Waals surface area (Å²) >= 11 is 6.59. The molecule has 0 atom stereocenters. The van der Waals surface area contributed by atoms with E-state index in [4.69, 9.17) is 21.3 Å². The Hall–Kier alpha value is -3.42.